The lowest BCUT2D eigenvalue weighted by molar-refractivity contribution is -0.132. The third-order valence-corrected chi connectivity index (χ3v) is 5.06. The summed E-state index contributed by atoms with van der Waals surface area (Å²) in [6, 6.07) is 23.3. The summed E-state index contributed by atoms with van der Waals surface area (Å²) in [6.45, 7) is 0. The second-order valence-electron chi connectivity index (χ2n) is 6.86. The Balaban J connectivity index is 1.87. The Labute approximate surface area is 173 Å². The minimum atomic E-state index is -0.882. The molecule has 0 saturated heterocycles. The van der Waals surface area contributed by atoms with Gasteiger partial charge in [0.2, 0.25) is 0 Å². The van der Waals surface area contributed by atoms with Crippen LogP contribution in [0, 0.1) is 11.7 Å². The summed E-state index contributed by atoms with van der Waals surface area (Å²) in [5.74, 6) is -2.18. The quantitative estimate of drug-likeness (QED) is 0.468. The van der Waals surface area contributed by atoms with E-state index in [-0.39, 0.29) is 17.3 Å². The van der Waals surface area contributed by atoms with Crippen molar-refractivity contribution < 1.29 is 18.7 Å². The SMILES string of the molecule is COC(=O)C1=NN(c2ccc(F)cc2)C(c2ccccc2)C1C(=O)c1ccccc1. The van der Waals surface area contributed by atoms with Crippen molar-refractivity contribution in [2.75, 3.05) is 12.1 Å². The molecule has 0 saturated carbocycles. The molecule has 0 aliphatic carbocycles. The maximum absolute atomic E-state index is 13.5. The molecule has 6 heteroatoms. The van der Waals surface area contributed by atoms with Gasteiger partial charge in [0.05, 0.1) is 18.8 Å². The number of hydrogen-bond acceptors (Lipinski definition) is 5. The summed E-state index contributed by atoms with van der Waals surface area (Å²) >= 11 is 0. The van der Waals surface area contributed by atoms with E-state index in [9.17, 15) is 14.0 Å². The summed E-state index contributed by atoms with van der Waals surface area (Å²) in [5.41, 5.74) is 1.86. The van der Waals surface area contributed by atoms with Crippen molar-refractivity contribution in [3.63, 3.8) is 0 Å². The summed E-state index contributed by atoms with van der Waals surface area (Å²) < 4.78 is 18.4. The van der Waals surface area contributed by atoms with Gasteiger partial charge in [-0.25, -0.2) is 9.18 Å². The van der Waals surface area contributed by atoms with E-state index in [1.165, 1.54) is 19.2 Å². The fourth-order valence-electron chi connectivity index (χ4n) is 3.65. The fourth-order valence-corrected chi connectivity index (χ4v) is 3.65. The molecule has 30 heavy (non-hydrogen) atoms. The van der Waals surface area contributed by atoms with Crippen molar-refractivity contribution in [2.24, 2.45) is 11.0 Å². The summed E-state index contributed by atoms with van der Waals surface area (Å²) in [5, 5.41) is 6.07. The zero-order valence-electron chi connectivity index (χ0n) is 16.2. The Kier molecular flexibility index (Phi) is 5.39. The van der Waals surface area contributed by atoms with Crippen LogP contribution in [-0.2, 0) is 9.53 Å². The standard InChI is InChI=1S/C24H19FN2O3/c1-30-24(29)21-20(23(28)17-10-6-3-7-11-17)22(16-8-4-2-5-9-16)27(26-21)19-14-12-18(25)13-15-19/h2-15,20,22H,1H3. The van der Waals surface area contributed by atoms with Crippen LogP contribution in [0.1, 0.15) is 22.0 Å². The van der Waals surface area contributed by atoms with Crippen LogP contribution in [0.4, 0.5) is 10.1 Å². The smallest absolute Gasteiger partial charge is 0.355 e. The Morgan fingerprint density at radius 2 is 1.50 bits per heavy atom. The minimum Gasteiger partial charge on any atom is -0.464 e. The highest BCUT2D eigenvalue weighted by atomic mass is 19.1. The number of methoxy groups -OCH3 is 1. The summed E-state index contributed by atoms with van der Waals surface area (Å²) in [6.07, 6.45) is 0. The monoisotopic (exact) mass is 402 g/mol. The lowest BCUT2D eigenvalue weighted by atomic mass is 9.83. The van der Waals surface area contributed by atoms with Crippen LogP contribution >= 0.6 is 0 Å². The fraction of sp³-hybridized carbons (Fsp3) is 0.125. The Morgan fingerprint density at radius 1 is 0.900 bits per heavy atom. The molecular formula is C24H19FN2O3. The maximum atomic E-state index is 13.5. The molecule has 1 aliphatic rings. The molecule has 4 rings (SSSR count). The van der Waals surface area contributed by atoms with E-state index in [0.29, 0.717) is 11.3 Å². The molecule has 2 unspecified atom stereocenters. The van der Waals surface area contributed by atoms with Crippen molar-refractivity contribution in [3.8, 4) is 0 Å². The molecule has 1 heterocycles. The molecule has 0 N–H and O–H groups in total. The molecule has 150 valence electrons. The van der Waals surface area contributed by atoms with Crippen LogP contribution in [0.15, 0.2) is 90.0 Å². The molecule has 0 fully saturated rings. The van der Waals surface area contributed by atoms with Gasteiger partial charge >= 0.3 is 5.97 Å². The highest BCUT2D eigenvalue weighted by Crippen LogP contribution is 2.41. The Hall–Kier alpha value is -3.80. The van der Waals surface area contributed by atoms with E-state index in [1.54, 1.807) is 41.4 Å². The first-order valence-electron chi connectivity index (χ1n) is 9.46. The first kappa shape index (κ1) is 19.5. The van der Waals surface area contributed by atoms with Gasteiger partial charge in [-0.3, -0.25) is 9.80 Å². The first-order chi connectivity index (χ1) is 14.6. The predicted octanol–water partition coefficient (Wildman–Crippen LogP) is 4.42. The topological polar surface area (TPSA) is 59.0 Å². The number of esters is 1. The van der Waals surface area contributed by atoms with E-state index in [0.717, 1.165) is 5.56 Å². The van der Waals surface area contributed by atoms with Crippen molar-refractivity contribution in [1.29, 1.82) is 0 Å². The number of anilines is 1. The predicted molar refractivity (Wildman–Crippen MR) is 112 cm³/mol. The number of benzene rings is 3. The maximum Gasteiger partial charge on any atom is 0.355 e. The summed E-state index contributed by atoms with van der Waals surface area (Å²) in [4.78, 5) is 26.1. The Bertz CT molecular complexity index is 1080. The van der Waals surface area contributed by atoms with Gasteiger partial charge in [0, 0.05) is 5.56 Å². The van der Waals surface area contributed by atoms with E-state index < -0.39 is 17.9 Å². The normalized spacial score (nSPS) is 18.1. The highest BCUT2D eigenvalue weighted by molar-refractivity contribution is 6.43. The second kappa shape index (κ2) is 8.29. The van der Waals surface area contributed by atoms with E-state index in [2.05, 4.69) is 5.10 Å². The third-order valence-electron chi connectivity index (χ3n) is 5.06. The van der Waals surface area contributed by atoms with Crippen molar-refractivity contribution in [3.05, 3.63) is 102 Å². The van der Waals surface area contributed by atoms with E-state index >= 15 is 0 Å². The molecule has 3 aromatic carbocycles. The van der Waals surface area contributed by atoms with Crippen LogP contribution in [0.25, 0.3) is 0 Å². The molecule has 1 aliphatic heterocycles. The third kappa shape index (κ3) is 3.59. The van der Waals surface area contributed by atoms with Crippen LogP contribution in [0.2, 0.25) is 0 Å². The number of nitrogens with zero attached hydrogens (tertiary/aromatic N) is 2. The highest BCUT2D eigenvalue weighted by Gasteiger charge is 2.47. The minimum absolute atomic E-state index is 0.0181. The van der Waals surface area contributed by atoms with Gasteiger partial charge in [-0.2, -0.15) is 5.10 Å². The molecule has 0 spiro atoms. The number of hydrazone groups is 1. The van der Waals surface area contributed by atoms with E-state index in [4.69, 9.17) is 4.74 Å². The average molecular weight is 402 g/mol. The number of Topliss-reactive ketones (excluding diaryl/α,β-unsaturated/α-hetero) is 1. The van der Waals surface area contributed by atoms with Crippen LogP contribution in [-0.4, -0.2) is 24.6 Å². The first-order valence-corrected chi connectivity index (χ1v) is 9.46. The molecule has 0 amide bonds. The largest absolute Gasteiger partial charge is 0.464 e. The number of ketones is 1. The second-order valence-corrected chi connectivity index (χ2v) is 6.86. The van der Waals surface area contributed by atoms with Gasteiger partial charge in [-0.15, -0.1) is 0 Å². The molecule has 0 aromatic heterocycles. The zero-order chi connectivity index (χ0) is 21.1. The number of halogens is 1. The van der Waals surface area contributed by atoms with Crippen LogP contribution in [0.3, 0.4) is 0 Å². The number of hydrogen-bond donors (Lipinski definition) is 0. The number of rotatable bonds is 5. The van der Waals surface area contributed by atoms with Gasteiger partial charge in [-0.05, 0) is 29.8 Å². The van der Waals surface area contributed by atoms with Crippen molar-refractivity contribution in [1.82, 2.24) is 0 Å². The van der Waals surface area contributed by atoms with Gasteiger partial charge < -0.3 is 4.74 Å². The van der Waals surface area contributed by atoms with Crippen molar-refractivity contribution >= 4 is 23.2 Å². The van der Waals surface area contributed by atoms with Gasteiger partial charge in [0.15, 0.2) is 11.5 Å². The Morgan fingerprint density at radius 3 is 2.10 bits per heavy atom. The van der Waals surface area contributed by atoms with Gasteiger partial charge in [-0.1, -0.05) is 60.7 Å². The molecular weight excluding hydrogens is 383 g/mol. The molecule has 0 radical (unpaired) electrons. The number of ether oxygens (including phenoxy) is 1. The molecule has 3 aromatic rings. The average Bonchev–Trinajstić information content (AvgIpc) is 3.20. The lowest BCUT2D eigenvalue weighted by Gasteiger charge is -2.28. The lowest BCUT2D eigenvalue weighted by Crippen LogP contribution is -2.34. The molecule has 0 bridgehead atoms. The molecule has 5 nitrogen and oxygen atoms in total. The number of carbonyl (C=O) groups excluding carboxylic acids is 2. The summed E-state index contributed by atoms with van der Waals surface area (Å²) in [7, 11) is 1.26. The van der Waals surface area contributed by atoms with Gasteiger partial charge in [0.25, 0.3) is 0 Å². The van der Waals surface area contributed by atoms with Crippen LogP contribution < -0.4 is 5.01 Å². The van der Waals surface area contributed by atoms with Crippen molar-refractivity contribution in [2.45, 2.75) is 6.04 Å². The molecule has 2 atom stereocenters. The van der Waals surface area contributed by atoms with Gasteiger partial charge in [0.1, 0.15) is 11.7 Å². The zero-order valence-corrected chi connectivity index (χ0v) is 16.2. The number of carbonyl (C=O) groups is 2. The van der Waals surface area contributed by atoms with Crippen LogP contribution in [0.5, 0.6) is 0 Å². The van der Waals surface area contributed by atoms with E-state index in [1.807, 2.05) is 36.4 Å².